The summed E-state index contributed by atoms with van der Waals surface area (Å²) in [4.78, 5) is 27.4. The maximum Gasteiger partial charge on any atom is 0.247 e. The lowest BCUT2D eigenvalue weighted by atomic mass is 9.83. The normalized spacial score (nSPS) is 21.5. The number of nitrogens with zero attached hydrogens (tertiary/aromatic N) is 2. The summed E-state index contributed by atoms with van der Waals surface area (Å²) in [6.07, 6.45) is 7.50. The largest absolute Gasteiger partial charge is 0.405 e. The molecule has 6 nitrogen and oxygen atoms in total. The molecule has 6 heteroatoms. The fourth-order valence-corrected chi connectivity index (χ4v) is 4.70. The second-order valence-corrected chi connectivity index (χ2v) is 9.11. The number of allylic oxidation sites excluding steroid dienone is 1. The van der Waals surface area contributed by atoms with E-state index in [4.69, 9.17) is 5.73 Å². The molecule has 0 radical (unpaired) electrons. The molecule has 1 heterocycles. The van der Waals surface area contributed by atoms with Crippen LogP contribution < -0.4 is 11.1 Å². The Morgan fingerprint density at radius 3 is 2.50 bits per heavy atom. The number of nitriles is 1. The molecule has 0 spiro atoms. The smallest absolute Gasteiger partial charge is 0.247 e. The van der Waals surface area contributed by atoms with Crippen LogP contribution in [0.15, 0.2) is 78.6 Å². The van der Waals surface area contributed by atoms with Gasteiger partial charge in [-0.15, -0.1) is 0 Å². The minimum atomic E-state index is -0.917. The van der Waals surface area contributed by atoms with Gasteiger partial charge in [0.25, 0.3) is 0 Å². The van der Waals surface area contributed by atoms with Gasteiger partial charge in [-0.3, -0.25) is 9.59 Å². The van der Waals surface area contributed by atoms with E-state index < -0.39 is 5.41 Å². The van der Waals surface area contributed by atoms with E-state index in [1.807, 2.05) is 55.5 Å². The SMILES string of the molecule is CC(/C=C(\C=C/N)N1CC[C@@](C#N)(C2CC2)C1=O)NC(=O)Cc1ccc(-c2ccccc2)cc1. The van der Waals surface area contributed by atoms with E-state index in [-0.39, 0.29) is 30.2 Å². The Morgan fingerprint density at radius 2 is 1.88 bits per heavy atom. The van der Waals surface area contributed by atoms with Crippen LogP contribution in [-0.4, -0.2) is 29.3 Å². The molecule has 2 atom stereocenters. The summed E-state index contributed by atoms with van der Waals surface area (Å²) in [6, 6.07) is 20.1. The average Bonchev–Trinajstić information content (AvgIpc) is 3.63. The number of nitrogens with one attached hydrogen (secondary N) is 1. The summed E-state index contributed by atoms with van der Waals surface area (Å²) in [7, 11) is 0. The number of hydrogen-bond acceptors (Lipinski definition) is 4. The summed E-state index contributed by atoms with van der Waals surface area (Å²) >= 11 is 0. The number of nitrogens with two attached hydrogens (primary N) is 1. The molecular weight excluding hydrogens is 424 g/mol. The first-order chi connectivity index (χ1) is 16.5. The van der Waals surface area contributed by atoms with Crippen LogP contribution in [-0.2, 0) is 16.0 Å². The van der Waals surface area contributed by atoms with Gasteiger partial charge >= 0.3 is 0 Å². The van der Waals surface area contributed by atoms with Crippen molar-refractivity contribution < 1.29 is 9.59 Å². The van der Waals surface area contributed by atoms with Gasteiger partial charge in [-0.05, 0) is 67.1 Å². The Bertz CT molecular complexity index is 1140. The van der Waals surface area contributed by atoms with Gasteiger partial charge in [0.1, 0.15) is 5.41 Å². The van der Waals surface area contributed by atoms with Crippen LogP contribution in [0.5, 0.6) is 0 Å². The van der Waals surface area contributed by atoms with E-state index in [0.29, 0.717) is 18.7 Å². The summed E-state index contributed by atoms with van der Waals surface area (Å²) in [5.74, 6) is -0.105. The Balaban J connectivity index is 1.39. The minimum Gasteiger partial charge on any atom is -0.405 e. The molecule has 0 aromatic heterocycles. The summed E-state index contributed by atoms with van der Waals surface area (Å²) in [6.45, 7) is 2.34. The first kappa shape index (κ1) is 23.3. The van der Waals surface area contributed by atoms with Gasteiger partial charge in [0.2, 0.25) is 11.8 Å². The number of amides is 2. The molecule has 0 bridgehead atoms. The summed E-state index contributed by atoms with van der Waals surface area (Å²) in [5, 5.41) is 12.7. The van der Waals surface area contributed by atoms with Gasteiger partial charge < -0.3 is 16.0 Å². The van der Waals surface area contributed by atoms with Crippen LogP contribution in [0.25, 0.3) is 11.1 Å². The van der Waals surface area contributed by atoms with Gasteiger partial charge in [0, 0.05) is 18.3 Å². The second-order valence-electron chi connectivity index (χ2n) is 9.11. The highest BCUT2D eigenvalue weighted by Crippen LogP contribution is 2.51. The molecule has 1 saturated heterocycles. The van der Waals surface area contributed by atoms with E-state index >= 15 is 0 Å². The van der Waals surface area contributed by atoms with Crippen molar-refractivity contribution in [2.24, 2.45) is 17.1 Å². The van der Waals surface area contributed by atoms with Crippen LogP contribution in [0.1, 0.15) is 31.7 Å². The lowest BCUT2D eigenvalue weighted by Crippen LogP contribution is -2.36. The standard InChI is InChI=1S/C28H30N4O2/c1-20(17-25(13-15-29)32-16-14-28(19-30,27(32)34)24-11-12-24)31-26(33)18-21-7-9-23(10-8-21)22-5-3-2-4-6-22/h2-10,13,15,17,20,24H,11-12,14,16,18,29H2,1H3,(H,31,33)/b15-13-,25-17+/t20?,28-/m1/s1. The van der Waals surface area contributed by atoms with Crippen LogP contribution in [0.4, 0.5) is 0 Å². The van der Waals surface area contributed by atoms with Crippen LogP contribution in [0.3, 0.4) is 0 Å². The number of hydrogen-bond donors (Lipinski definition) is 2. The molecule has 1 aliphatic carbocycles. The van der Waals surface area contributed by atoms with Crippen molar-refractivity contribution in [2.75, 3.05) is 6.54 Å². The van der Waals surface area contributed by atoms with Crippen molar-refractivity contribution >= 4 is 11.8 Å². The Kier molecular flexibility index (Phi) is 6.83. The van der Waals surface area contributed by atoms with E-state index in [2.05, 4.69) is 23.5 Å². The van der Waals surface area contributed by atoms with Crippen molar-refractivity contribution in [3.8, 4) is 17.2 Å². The van der Waals surface area contributed by atoms with Crippen LogP contribution >= 0.6 is 0 Å². The van der Waals surface area contributed by atoms with Gasteiger partial charge in [-0.1, -0.05) is 54.6 Å². The minimum absolute atomic E-state index is 0.107. The zero-order valence-electron chi connectivity index (χ0n) is 19.4. The molecule has 1 unspecified atom stereocenters. The number of rotatable bonds is 8. The molecule has 1 saturated carbocycles. The van der Waals surface area contributed by atoms with E-state index in [1.54, 1.807) is 11.0 Å². The number of carbonyl (C=O) groups is 2. The van der Waals surface area contributed by atoms with Crippen molar-refractivity contribution in [2.45, 2.75) is 38.6 Å². The molecule has 2 aliphatic rings. The first-order valence-electron chi connectivity index (χ1n) is 11.7. The Morgan fingerprint density at radius 1 is 1.21 bits per heavy atom. The van der Waals surface area contributed by atoms with Crippen LogP contribution in [0.2, 0.25) is 0 Å². The van der Waals surface area contributed by atoms with Crippen molar-refractivity contribution in [1.29, 1.82) is 5.26 Å². The summed E-state index contributed by atoms with van der Waals surface area (Å²) < 4.78 is 0. The third-order valence-electron chi connectivity index (χ3n) is 6.64. The van der Waals surface area contributed by atoms with E-state index in [9.17, 15) is 14.9 Å². The predicted octanol–water partition coefficient (Wildman–Crippen LogP) is 3.91. The fourth-order valence-electron chi connectivity index (χ4n) is 4.70. The average molecular weight is 455 g/mol. The molecule has 2 fully saturated rings. The van der Waals surface area contributed by atoms with Gasteiger partial charge in [-0.2, -0.15) is 5.26 Å². The molecule has 3 N–H and O–H groups in total. The topological polar surface area (TPSA) is 99.2 Å². The molecule has 4 rings (SSSR count). The quantitative estimate of drug-likeness (QED) is 0.591. The van der Waals surface area contributed by atoms with Crippen molar-refractivity contribution in [3.05, 3.63) is 84.2 Å². The molecule has 2 amide bonds. The zero-order chi connectivity index (χ0) is 24.1. The molecule has 2 aromatic rings. The number of benzene rings is 2. The maximum atomic E-state index is 13.1. The number of likely N-dealkylation sites (tertiary alicyclic amines) is 1. The van der Waals surface area contributed by atoms with Crippen molar-refractivity contribution in [1.82, 2.24) is 10.2 Å². The molecule has 1 aliphatic heterocycles. The van der Waals surface area contributed by atoms with Crippen LogP contribution in [0, 0.1) is 22.7 Å². The highest BCUT2D eigenvalue weighted by atomic mass is 16.2. The Hall–Kier alpha value is -3.85. The summed E-state index contributed by atoms with van der Waals surface area (Å²) in [5.41, 5.74) is 8.50. The van der Waals surface area contributed by atoms with Gasteiger partial charge in [-0.25, -0.2) is 0 Å². The van der Waals surface area contributed by atoms with Gasteiger partial charge in [0.05, 0.1) is 12.5 Å². The third kappa shape index (κ3) is 4.89. The van der Waals surface area contributed by atoms with E-state index in [1.165, 1.54) is 6.20 Å². The maximum absolute atomic E-state index is 13.1. The molecular formula is C28H30N4O2. The van der Waals surface area contributed by atoms with E-state index in [0.717, 1.165) is 29.5 Å². The highest BCUT2D eigenvalue weighted by molar-refractivity contribution is 5.90. The lowest BCUT2D eigenvalue weighted by molar-refractivity contribution is -0.132. The Labute approximate surface area is 200 Å². The highest BCUT2D eigenvalue weighted by Gasteiger charge is 2.56. The fraction of sp³-hybridized carbons (Fsp3) is 0.321. The first-order valence-corrected chi connectivity index (χ1v) is 11.7. The third-order valence-corrected chi connectivity index (χ3v) is 6.64. The molecule has 2 aromatic carbocycles. The monoisotopic (exact) mass is 454 g/mol. The van der Waals surface area contributed by atoms with Gasteiger partial charge in [0.15, 0.2) is 0 Å². The van der Waals surface area contributed by atoms with Crippen molar-refractivity contribution in [3.63, 3.8) is 0 Å². The molecule has 34 heavy (non-hydrogen) atoms. The number of carbonyl (C=O) groups excluding carboxylic acids is 2. The zero-order valence-corrected chi connectivity index (χ0v) is 19.4. The second kappa shape index (κ2) is 9.96. The predicted molar refractivity (Wildman–Crippen MR) is 132 cm³/mol. The molecule has 174 valence electrons. The lowest BCUT2D eigenvalue weighted by Gasteiger charge is -2.23.